The molecule has 2 amide bonds. The monoisotopic (exact) mass is 284 g/mol. The van der Waals surface area contributed by atoms with Crippen molar-refractivity contribution in [3.8, 4) is 0 Å². The lowest BCUT2D eigenvalue weighted by Crippen LogP contribution is -2.53. The van der Waals surface area contributed by atoms with Crippen molar-refractivity contribution in [3.63, 3.8) is 0 Å². The van der Waals surface area contributed by atoms with Gasteiger partial charge >= 0.3 is 5.97 Å². The number of likely N-dealkylation sites (tertiary alicyclic amines) is 1. The predicted octanol–water partition coefficient (Wildman–Crippen LogP) is 0.862. The first-order valence-electron chi connectivity index (χ1n) is 7.17. The summed E-state index contributed by atoms with van der Waals surface area (Å²) in [6.07, 6.45) is 3.11. The largest absolute Gasteiger partial charge is 0.481 e. The topological polar surface area (TPSA) is 86.7 Å². The van der Waals surface area contributed by atoms with Gasteiger partial charge in [-0.25, -0.2) is 0 Å². The highest BCUT2D eigenvalue weighted by molar-refractivity contribution is 5.77. The van der Waals surface area contributed by atoms with E-state index >= 15 is 0 Å². The third kappa shape index (κ3) is 5.19. The van der Waals surface area contributed by atoms with Crippen LogP contribution in [0.25, 0.3) is 0 Å². The summed E-state index contributed by atoms with van der Waals surface area (Å²) in [4.78, 5) is 35.0. The average Bonchev–Trinajstić information content (AvgIpc) is 2.31. The van der Waals surface area contributed by atoms with Crippen LogP contribution >= 0.6 is 0 Å². The summed E-state index contributed by atoms with van der Waals surface area (Å²) in [7, 11) is 0. The lowest BCUT2D eigenvalue weighted by Gasteiger charge is -2.41. The number of nitrogens with zero attached hydrogens (tertiary/aromatic N) is 1. The van der Waals surface area contributed by atoms with Crippen molar-refractivity contribution in [1.82, 2.24) is 10.2 Å². The predicted molar refractivity (Wildman–Crippen MR) is 74.0 cm³/mol. The van der Waals surface area contributed by atoms with Crippen molar-refractivity contribution in [2.24, 2.45) is 11.8 Å². The minimum atomic E-state index is -0.792. The van der Waals surface area contributed by atoms with Crippen LogP contribution in [0, 0.1) is 11.8 Å². The van der Waals surface area contributed by atoms with Gasteiger partial charge in [-0.3, -0.25) is 14.4 Å². The van der Waals surface area contributed by atoms with Crippen LogP contribution in [-0.4, -0.2) is 47.4 Å². The van der Waals surface area contributed by atoms with Crippen LogP contribution in [0.1, 0.15) is 39.5 Å². The van der Waals surface area contributed by atoms with Crippen molar-refractivity contribution in [1.29, 1.82) is 0 Å². The van der Waals surface area contributed by atoms with Gasteiger partial charge in [0, 0.05) is 38.9 Å². The molecule has 0 aromatic rings. The number of nitrogens with one attached hydrogen (secondary N) is 1. The second kappa shape index (κ2) is 7.87. The molecule has 0 aromatic heterocycles. The zero-order chi connectivity index (χ0) is 15.1. The summed E-state index contributed by atoms with van der Waals surface area (Å²) < 4.78 is 0. The molecule has 1 aliphatic heterocycles. The van der Waals surface area contributed by atoms with Gasteiger partial charge in [-0.15, -0.1) is 0 Å². The molecule has 1 fully saturated rings. The van der Waals surface area contributed by atoms with Gasteiger partial charge in [-0.1, -0.05) is 13.3 Å². The summed E-state index contributed by atoms with van der Waals surface area (Å²) in [6, 6.07) is 0. The lowest BCUT2D eigenvalue weighted by atomic mass is 9.87. The first kappa shape index (κ1) is 16.5. The number of carbonyl (C=O) groups excluding carboxylic acids is 2. The van der Waals surface area contributed by atoms with Gasteiger partial charge in [0.05, 0.1) is 5.92 Å². The smallest absolute Gasteiger partial charge is 0.306 e. The van der Waals surface area contributed by atoms with Gasteiger partial charge < -0.3 is 15.3 Å². The number of carbonyl (C=O) groups is 3. The standard InChI is InChI=1S/C14H24N2O4/c1-10(14(19)20)12-8-16(9-12)13(18)6-4-3-5-7-15-11(2)17/h10,12H,3-9H2,1-2H3,(H,15,17)(H,19,20). The minimum absolute atomic E-state index is 0.0275. The van der Waals surface area contributed by atoms with E-state index in [1.807, 2.05) is 0 Å². The van der Waals surface area contributed by atoms with Crippen LogP contribution in [0.3, 0.4) is 0 Å². The van der Waals surface area contributed by atoms with Crippen molar-refractivity contribution in [2.75, 3.05) is 19.6 Å². The molecule has 0 spiro atoms. The Hall–Kier alpha value is -1.59. The fourth-order valence-corrected chi connectivity index (χ4v) is 2.23. The van der Waals surface area contributed by atoms with E-state index in [0.29, 0.717) is 26.1 Å². The number of amides is 2. The Bertz CT molecular complexity index is 364. The summed E-state index contributed by atoms with van der Waals surface area (Å²) in [6.45, 7) is 4.97. The Labute approximate surface area is 119 Å². The Morgan fingerprint density at radius 3 is 2.45 bits per heavy atom. The molecule has 0 bridgehead atoms. The maximum Gasteiger partial charge on any atom is 0.306 e. The maximum absolute atomic E-state index is 11.8. The summed E-state index contributed by atoms with van der Waals surface area (Å²) in [5.74, 6) is -0.994. The molecule has 0 aromatic carbocycles. The highest BCUT2D eigenvalue weighted by atomic mass is 16.4. The fraction of sp³-hybridized carbons (Fsp3) is 0.786. The molecular weight excluding hydrogens is 260 g/mol. The Balaban J connectivity index is 2.05. The Morgan fingerprint density at radius 2 is 1.90 bits per heavy atom. The highest BCUT2D eigenvalue weighted by Crippen LogP contribution is 2.24. The van der Waals surface area contributed by atoms with Crippen LogP contribution in [0.15, 0.2) is 0 Å². The first-order chi connectivity index (χ1) is 9.41. The molecule has 6 heteroatoms. The normalized spacial score (nSPS) is 16.4. The zero-order valence-corrected chi connectivity index (χ0v) is 12.2. The van der Waals surface area contributed by atoms with Gasteiger partial charge in [0.25, 0.3) is 0 Å². The molecule has 0 saturated carbocycles. The van der Waals surface area contributed by atoms with Crippen LogP contribution < -0.4 is 5.32 Å². The molecule has 0 aliphatic carbocycles. The minimum Gasteiger partial charge on any atom is -0.481 e. The molecule has 114 valence electrons. The van der Waals surface area contributed by atoms with Gasteiger partial charge in [0.2, 0.25) is 11.8 Å². The van der Waals surface area contributed by atoms with E-state index in [1.165, 1.54) is 6.92 Å². The van der Waals surface area contributed by atoms with E-state index in [9.17, 15) is 14.4 Å². The first-order valence-corrected chi connectivity index (χ1v) is 7.17. The Morgan fingerprint density at radius 1 is 1.25 bits per heavy atom. The number of hydrogen-bond donors (Lipinski definition) is 2. The molecule has 0 radical (unpaired) electrons. The van der Waals surface area contributed by atoms with Gasteiger partial charge in [0.15, 0.2) is 0 Å². The number of aliphatic carboxylic acids is 1. The molecule has 20 heavy (non-hydrogen) atoms. The van der Waals surface area contributed by atoms with E-state index in [1.54, 1.807) is 11.8 Å². The average molecular weight is 284 g/mol. The molecule has 1 aliphatic rings. The summed E-state index contributed by atoms with van der Waals surface area (Å²) in [5.41, 5.74) is 0. The van der Waals surface area contributed by atoms with Crippen LogP contribution in [-0.2, 0) is 14.4 Å². The fourth-order valence-electron chi connectivity index (χ4n) is 2.23. The SMILES string of the molecule is CC(=O)NCCCCCC(=O)N1CC(C(C)C(=O)O)C1. The summed E-state index contributed by atoms with van der Waals surface area (Å²) >= 11 is 0. The second-order valence-corrected chi connectivity index (χ2v) is 5.48. The zero-order valence-electron chi connectivity index (χ0n) is 12.2. The molecule has 1 atom stereocenters. The third-order valence-electron chi connectivity index (χ3n) is 3.80. The molecule has 1 unspecified atom stereocenters. The summed E-state index contributed by atoms with van der Waals surface area (Å²) in [5, 5.41) is 11.6. The van der Waals surface area contributed by atoms with E-state index in [0.717, 1.165) is 19.3 Å². The number of carboxylic acids is 1. The van der Waals surface area contributed by atoms with Crippen molar-refractivity contribution in [3.05, 3.63) is 0 Å². The van der Waals surface area contributed by atoms with Gasteiger partial charge in [0.1, 0.15) is 0 Å². The number of unbranched alkanes of at least 4 members (excludes halogenated alkanes) is 2. The molecule has 1 heterocycles. The molecular formula is C14H24N2O4. The van der Waals surface area contributed by atoms with Crippen LogP contribution in [0.4, 0.5) is 0 Å². The maximum atomic E-state index is 11.8. The van der Waals surface area contributed by atoms with E-state index in [2.05, 4.69) is 5.32 Å². The van der Waals surface area contributed by atoms with Gasteiger partial charge in [-0.2, -0.15) is 0 Å². The van der Waals surface area contributed by atoms with E-state index < -0.39 is 5.97 Å². The molecule has 1 rings (SSSR count). The van der Waals surface area contributed by atoms with Gasteiger partial charge in [-0.05, 0) is 12.8 Å². The third-order valence-corrected chi connectivity index (χ3v) is 3.80. The second-order valence-electron chi connectivity index (χ2n) is 5.48. The number of rotatable bonds is 8. The quantitative estimate of drug-likeness (QED) is 0.647. The highest BCUT2D eigenvalue weighted by Gasteiger charge is 2.36. The number of hydrogen-bond acceptors (Lipinski definition) is 3. The van der Waals surface area contributed by atoms with E-state index in [4.69, 9.17) is 5.11 Å². The lowest BCUT2D eigenvalue weighted by molar-refractivity contribution is -0.150. The molecule has 1 saturated heterocycles. The van der Waals surface area contributed by atoms with Crippen molar-refractivity contribution in [2.45, 2.75) is 39.5 Å². The molecule has 6 nitrogen and oxygen atoms in total. The molecule has 2 N–H and O–H groups in total. The van der Waals surface area contributed by atoms with Crippen LogP contribution in [0.5, 0.6) is 0 Å². The number of carboxylic acid groups (broad SMARTS) is 1. The van der Waals surface area contributed by atoms with E-state index in [-0.39, 0.29) is 23.7 Å². The van der Waals surface area contributed by atoms with Crippen molar-refractivity contribution >= 4 is 17.8 Å². The van der Waals surface area contributed by atoms with Crippen molar-refractivity contribution < 1.29 is 19.5 Å². The Kier molecular flexibility index (Phi) is 6.48. The van der Waals surface area contributed by atoms with Crippen LogP contribution in [0.2, 0.25) is 0 Å².